The van der Waals surface area contributed by atoms with Crippen molar-refractivity contribution in [1.82, 2.24) is 0 Å². The first-order valence-corrected chi connectivity index (χ1v) is 12.5. The number of allylic oxidation sites excluding steroid dienone is 1. The average Bonchev–Trinajstić information content (AvgIpc) is 3.40. The van der Waals surface area contributed by atoms with Gasteiger partial charge in [-0.25, -0.2) is 0 Å². The van der Waals surface area contributed by atoms with Gasteiger partial charge in [-0.05, 0) is 29.3 Å². The zero-order chi connectivity index (χ0) is 25.0. The second-order valence-electron chi connectivity index (χ2n) is 9.88. The second kappa shape index (κ2) is 6.86. The van der Waals surface area contributed by atoms with Crippen LogP contribution in [-0.4, -0.2) is 11.6 Å². The lowest BCUT2D eigenvalue weighted by molar-refractivity contribution is 0.0427. The van der Waals surface area contributed by atoms with Crippen molar-refractivity contribution in [2.45, 2.75) is 25.2 Å². The first-order valence-electron chi connectivity index (χ1n) is 11.7. The van der Waals surface area contributed by atoms with E-state index in [-0.39, 0.29) is 28.3 Å². The van der Waals surface area contributed by atoms with Gasteiger partial charge in [0, 0.05) is 21.4 Å². The molecule has 4 aromatic rings. The predicted molar refractivity (Wildman–Crippen MR) is 137 cm³/mol. The maximum Gasteiger partial charge on any atom is 0.303 e. The average molecular weight is 496 g/mol. The number of benzene rings is 3. The quantitative estimate of drug-likeness (QED) is 0.200. The molecule has 0 unspecified atom stereocenters. The topological polar surface area (TPSA) is 37.4 Å². The molecule has 1 aliphatic carbocycles. The Morgan fingerprint density at radius 3 is 2.11 bits per heavy atom. The van der Waals surface area contributed by atoms with E-state index in [9.17, 15) is 9.59 Å². The van der Waals surface area contributed by atoms with Crippen LogP contribution in [0.1, 0.15) is 61.7 Å². The van der Waals surface area contributed by atoms with Crippen molar-refractivity contribution >= 4 is 45.4 Å². The second-order valence-corrected chi connectivity index (χ2v) is 10.9. The number of fused-ring (bicyclic) bond motifs is 5. The molecule has 36 heavy (non-hydrogen) atoms. The van der Waals surface area contributed by atoms with Crippen molar-refractivity contribution in [3.8, 4) is 0 Å². The molecule has 0 spiro atoms. The van der Waals surface area contributed by atoms with Gasteiger partial charge in [-0.1, -0.05) is 74.5 Å². The van der Waals surface area contributed by atoms with Gasteiger partial charge in [0.15, 0.2) is 11.6 Å². The van der Waals surface area contributed by atoms with E-state index in [0.717, 1.165) is 16.8 Å². The van der Waals surface area contributed by atoms with Gasteiger partial charge >= 0.3 is 5.92 Å². The molecular formula is C30H19F2NO2S. The van der Waals surface area contributed by atoms with E-state index >= 15 is 8.78 Å². The van der Waals surface area contributed by atoms with Crippen molar-refractivity contribution in [1.29, 1.82) is 0 Å². The zero-order valence-corrected chi connectivity index (χ0v) is 20.2. The van der Waals surface area contributed by atoms with E-state index in [4.69, 9.17) is 0 Å². The maximum absolute atomic E-state index is 16.1. The van der Waals surface area contributed by atoms with Crippen LogP contribution >= 0.6 is 11.3 Å². The number of thiophene rings is 1. The fourth-order valence-electron chi connectivity index (χ4n) is 5.77. The fraction of sp³-hybridized carbons (Fsp3) is 0.133. The highest BCUT2D eigenvalue weighted by atomic mass is 32.1. The molecule has 3 aromatic carbocycles. The van der Waals surface area contributed by atoms with E-state index in [2.05, 4.69) is 13.8 Å². The number of nitrogens with zero attached hydrogens (tertiary/aromatic N) is 1. The molecule has 7 rings (SSSR count). The highest BCUT2D eigenvalue weighted by Gasteiger charge is 2.51. The van der Waals surface area contributed by atoms with Crippen LogP contribution in [0.2, 0.25) is 0 Å². The third-order valence-corrected chi connectivity index (χ3v) is 8.62. The van der Waals surface area contributed by atoms with Gasteiger partial charge in [0.2, 0.25) is 0 Å². The molecule has 3 heterocycles. The molecule has 0 bridgehead atoms. The molecule has 0 amide bonds. The molecule has 2 aliphatic heterocycles. The van der Waals surface area contributed by atoms with Gasteiger partial charge in [0.1, 0.15) is 5.00 Å². The Labute approximate surface area is 210 Å². The number of alkyl halides is 2. The van der Waals surface area contributed by atoms with Crippen LogP contribution in [0.15, 0.2) is 78.4 Å². The monoisotopic (exact) mass is 495 g/mol. The van der Waals surface area contributed by atoms with E-state index in [0.29, 0.717) is 26.7 Å². The molecule has 176 valence electrons. The summed E-state index contributed by atoms with van der Waals surface area (Å²) in [7, 11) is 0. The van der Waals surface area contributed by atoms with Crippen LogP contribution in [0.4, 0.5) is 25.2 Å². The molecular weight excluding hydrogens is 476 g/mol. The zero-order valence-electron chi connectivity index (χ0n) is 19.4. The molecule has 0 fully saturated rings. The Bertz CT molecular complexity index is 1660. The Kier molecular flexibility index (Phi) is 4.07. The number of ketones is 2. The number of para-hydroxylation sites is 2. The SMILES string of the molecule is CC1(C)c2ccccc2N2c3sc(C=C4C(=O)c5ccccc5C4=O)cc3C(F)(F)c3cccc1c32. The number of halogens is 2. The summed E-state index contributed by atoms with van der Waals surface area (Å²) in [6, 6.07) is 21.1. The van der Waals surface area contributed by atoms with E-state index < -0.39 is 11.3 Å². The van der Waals surface area contributed by atoms with Crippen molar-refractivity contribution in [2.24, 2.45) is 0 Å². The third-order valence-electron chi connectivity index (χ3n) is 7.55. The lowest BCUT2D eigenvalue weighted by Gasteiger charge is -2.45. The standard InChI is InChI=1S/C30H19F2NO2S/c1-29(2)20-10-5-6-13-24(20)33-25-21(29)11-7-12-22(25)30(31,32)23-15-16(36-28(23)33)14-19-26(34)17-8-3-4-9-18(17)27(19)35/h3-15H,1-2H3. The van der Waals surface area contributed by atoms with Gasteiger partial charge < -0.3 is 4.90 Å². The summed E-state index contributed by atoms with van der Waals surface area (Å²) in [5, 5.41) is 0.408. The summed E-state index contributed by atoms with van der Waals surface area (Å²) in [5.41, 5.74) is 3.38. The van der Waals surface area contributed by atoms with Crippen molar-refractivity contribution in [2.75, 3.05) is 4.90 Å². The summed E-state index contributed by atoms with van der Waals surface area (Å²) in [6.07, 6.45) is 1.47. The minimum atomic E-state index is -3.22. The number of carbonyl (C=O) groups is 2. The van der Waals surface area contributed by atoms with Crippen LogP contribution < -0.4 is 4.90 Å². The van der Waals surface area contributed by atoms with Gasteiger partial charge in [-0.15, -0.1) is 11.3 Å². The minimum absolute atomic E-state index is 0.0106. The molecule has 0 N–H and O–H groups in total. The highest BCUT2D eigenvalue weighted by Crippen LogP contribution is 2.62. The van der Waals surface area contributed by atoms with Crippen LogP contribution in [0.25, 0.3) is 6.08 Å². The lowest BCUT2D eigenvalue weighted by Crippen LogP contribution is -2.36. The molecule has 3 aliphatic rings. The number of carbonyl (C=O) groups excluding carboxylic acids is 2. The van der Waals surface area contributed by atoms with E-state index in [1.165, 1.54) is 29.5 Å². The molecule has 0 saturated carbocycles. The number of Topliss-reactive ketones (excluding diaryl/α,β-unsaturated/α-hetero) is 2. The van der Waals surface area contributed by atoms with E-state index in [1.54, 1.807) is 30.3 Å². The first kappa shape index (κ1) is 21.4. The summed E-state index contributed by atoms with van der Waals surface area (Å²) in [6.45, 7) is 4.12. The van der Waals surface area contributed by atoms with Crippen LogP contribution in [-0.2, 0) is 11.3 Å². The summed E-state index contributed by atoms with van der Waals surface area (Å²) < 4.78 is 32.1. The number of rotatable bonds is 1. The van der Waals surface area contributed by atoms with Gasteiger partial charge in [0.05, 0.1) is 28.1 Å². The largest absolute Gasteiger partial charge is 0.303 e. The smallest absolute Gasteiger partial charge is 0.300 e. The van der Waals surface area contributed by atoms with Crippen LogP contribution in [0.5, 0.6) is 0 Å². The van der Waals surface area contributed by atoms with E-state index in [1.807, 2.05) is 35.2 Å². The van der Waals surface area contributed by atoms with Gasteiger partial charge in [-0.2, -0.15) is 8.78 Å². The Hall–Kier alpha value is -3.90. The van der Waals surface area contributed by atoms with Crippen LogP contribution in [0, 0.1) is 0 Å². The van der Waals surface area contributed by atoms with Gasteiger partial charge in [0.25, 0.3) is 0 Å². The number of anilines is 3. The Morgan fingerprint density at radius 1 is 0.778 bits per heavy atom. The molecule has 0 saturated heterocycles. The van der Waals surface area contributed by atoms with Crippen molar-refractivity contribution in [3.63, 3.8) is 0 Å². The fourth-order valence-corrected chi connectivity index (χ4v) is 6.92. The normalized spacial score (nSPS) is 17.9. The summed E-state index contributed by atoms with van der Waals surface area (Å²) >= 11 is 1.17. The predicted octanol–water partition coefficient (Wildman–Crippen LogP) is 7.77. The van der Waals surface area contributed by atoms with Crippen molar-refractivity contribution < 1.29 is 18.4 Å². The van der Waals surface area contributed by atoms with Gasteiger partial charge in [-0.3, -0.25) is 9.59 Å². The molecule has 3 nitrogen and oxygen atoms in total. The third kappa shape index (κ3) is 2.54. The first-order chi connectivity index (χ1) is 17.2. The molecule has 1 aromatic heterocycles. The van der Waals surface area contributed by atoms with Crippen molar-refractivity contribution in [3.05, 3.63) is 117 Å². The lowest BCUT2D eigenvalue weighted by atomic mass is 9.71. The highest BCUT2D eigenvalue weighted by molar-refractivity contribution is 7.17. The minimum Gasteiger partial charge on any atom is -0.300 e. The molecule has 0 atom stereocenters. The number of hydrogen-bond acceptors (Lipinski definition) is 4. The molecule has 6 heteroatoms. The maximum atomic E-state index is 16.1. The number of hydrogen-bond donors (Lipinski definition) is 0. The Balaban J connectivity index is 1.46. The summed E-state index contributed by atoms with van der Waals surface area (Å²) in [4.78, 5) is 28.2. The Morgan fingerprint density at radius 2 is 1.39 bits per heavy atom. The summed E-state index contributed by atoms with van der Waals surface area (Å²) in [5.74, 6) is -3.96. The molecule has 0 radical (unpaired) electrons. The van der Waals surface area contributed by atoms with Crippen LogP contribution in [0.3, 0.4) is 0 Å².